The van der Waals surface area contributed by atoms with Crippen LogP contribution in [0.1, 0.15) is 28.3 Å². The summed E-state index contributed by atoms with van der Waals surface area (Å²) in [5.74, 6) is 1.54. The van der Waals surface area contributed by atoms with Crippen LogP contribution in [0.4, 0.5) is 13.2 Å². The fraction of sp³-hybridized carbons (Fsp3) is 0.200. The molecule has 0 bridgehead atoms. The SMILES string of the molecule is Cc1cccc(C(NN)c2ccc(F)c(F)c2F)c1C. The van der Waals surface area contributed by atoms with Gasteiger partial charge in [0.1, 0.15) is 0 Å². The van der Waals surface area contributed by atoms with E-state index in [1.54, 1.807) is 12.1 Å². The third-order valence-corrected chi connectivity index (χ3v) is 3.50. The van der Waals surface area contributed by atoms with Gasteiger partial charge in [-0.15, -0.1) is 0 Å². The topological polar surface area (TPSA) is 38.0 Å². The van der Waals surface area contributed by atoms with Crippen molar-refractivity contribution in [3.63, 3.8) is 0 Å². The Morgan fingerprint density at radius 3 is 2.30 bits per heavy atom. The van der Waals surface area contributed by atoms with Crippen LogP contribution >= 0.6 is 0 Å². The highest BCUT2D eigenvalue weighted by Gasteiger charge is 2.22. The van der Waals surface area contributed by atoms with Gasteiger partial charge in [-0.3, -0.25) is 5.84 Å². The molecule has 0 saturated carbocycles. The number of nitrogens with two attached hydrogens (primary N) is 1. The molecule has 20 heavy (non-hydrogen) atoms. The number of halogens is 3. The molecule has 5 heteroatoms. The Morgan fingerprint density at radius 2 is 1.65 bits per heavy atom. The van der Waals surface area contributed by atoms with Crippen molar-refractivity contribution in [2.24, 2.45) is 5.84 Å². The molecule has 0 heterocycles. The maximum absolute atomic E-state index is 13.9. The van der Waals surface area contributed by atoms with Crippen molar-refractivity contribution in [1.82, 2.24) is 5.43 Å². The number of nitrogens with one attached hydrogen (secondary N) is 1. The van der Waals surface area contributed by atoms with Crippen LogP contribution in [0, 0.1) is 31.3 Å². The minimum atomic E-state index is -1.49. The number of benzene rings is 2. The summed E-state index contributed by atoms with van der Waals surface area (Å²) in [4.78, 5) is 0. The normalized spacial score (nSPS) is 12.5. The first kappa shape index (κ1) is 14.6. The Balaban J connectivity index is 2.59. The molecule has 2 rings (SSSR count). The van der Waals surface area contributed by atoms with Gasteiger partial charge >= 0.3 is 0 Å². The molecule has 0 saturated heterocycles. The summed E-state index contributed by atoms with van der Waals surface area (Å²) in [5, 5.41) is 0. The molecule has 2 aromatic rings. The first-order chi connectivity index (χ1) is 9.47. The summed E-state index contributed by atoms with van der Waals surface area (Å²) in [6.07, 6.45) is 0. The predicted molar refractivity (Wildman–Crippen MR) is 71.4 cm³/mol. The summed E-state index contributed by atoms with van der Waals surface area (Å²) in [5.41, 5.74) is 5.07. The van der Waals surface area contributed by atoms with E-state index in [1.807, 2.05) is 19.9 Å². The van der Waals surface area contributed by atoms with E-state index in [4.69, 9.17) is 5.84 Å². The van der Waals surface area contributed by atoms with Crippen molar-refractivity contribution in [3.05, 3.63) is 70.0 Å². The van der Waals surface area contributed by atoms with Crippen LogP contribution < -0.4 is 11.3 Å². The second-order valence-electron chi connectivity index (χ2n) is 4.65. The molecule has 0 fully saturated rings. The fourth-order valence-corrected chi connectivity index (χ4v) is 2.20. The Morgan fingerprint density at radius 1 is 0.950 bits per heavy atom. The van der Waals surface area contributed by atoms with E-state index in [-0.39, 0.29) is 5.56 Å². The lowest BCUT2D eigenvalue weighted by Crippen LogP contribution is -2.30. The molecule has 1 atom stereocenters. The third kappa shape index (κ3) is 2.42. The molecule has 0 aliphatic heterocycles. The molecular formula is C15H15F3N2. The molecule has 106 valence electrons. The lowest BCUT2D eigenvalue weighted by molar-refractivity contribution is 0.433. The zero-order valence-corrected chi connectivity index (χ0v) is 11.2. The van der Waals surface area contributed by atoms with E-state index in [0.29, 0.717) is 0 Å². The fourth-order valence-electron chi connectivity index (χ4n) is 2.20. The molecule has 2 nitrogen and oxygen atoms in total. The Labute approximate surface area is 115 Å². The monoisotopic (exact) mass is 280 g/mol. The molecule has 0 amide bonds. The third-order valence-electron chi connectivity index (χ3n) is 3.50. The maximum atomic E-state index is 13.9. The van der Waals surface area contributed by atoms with Crippen LogP contribution in [0.15, 0.2) is 30.3 Å². The summed E-state index contributed by atoms with van der Waals surface area (Å²) in [7, 11) is 0. The molecule has 1 unspecified atom stereocenters. The lowest BCUT2D eigenvalue weighted by atomic mass is 9.92. The van der Waals surface area contributed by atoms with Crippen molar-refractivity contribution in [2.75, 3.05) is 0 Å². The van der Waals surface area contributed by atoms with Gasteiger partial charge in [-0.05, 0) is 36.6 Å². The molecule has 0 radical (unpaired) electrons. The average Bonchev–Trinajstić information content (AvgIpc) is 2.44. The van der Waals surface area contributed by atoms with Gasteiger partial charge in [0.2, 0.25) is 0 Å². The first-order valence-electron chi connectivity index (χ1n) is 6.13. The number of hydrazine groups is 1. The lowest BCUT2D eigenvalue weighted by Gasteiger charge is -2.21. The zero-order valence-electron chi connectivity index (χ0n) is 11.2. The van der Waals surface area contributed by atoms with Gasteiger partial charge in [0, 0.05) is 5.56 Å². The van der Waals surface area contributed by atoms with Crippen molar-refractivity contribution in [2.45, 2.75) is 19.9 Å². The van der Waals surface area contributed by atoms with Gasteiger partial charge in [0.25, 0.3) is 0 Å². The summed E-state index contributed by atoms with van der Waals surface area (Å²) in [6.45, 7) is 3.78. The Hall–Kier alpha value is -1.85. The maximum Gasteiger partial charge on any atom is 0.194 e. The summed E-state index contributed by atoms with van der Waals surface area (Å²) >= 11 is 0. The highest BCUT2D eigenvalue weighted by Crippen LogP contribution is 2.29. The van der Waals surface area contributed by atoms with Crippen molar-refractivity contribution >= 4 is 0 Å². The van der Waals surface area contributed by atoms with Gasteiger partial charge in [0.15, 0.2) is 17.5 Å². The highest BCUT2D eigenvalue weighted by molar-refractivity contribution is 5.41. The van der Waals surface area contributed by atoms with E-state index in [1.165, 1.54) is 6.07 Å². The minimum Gasteiger partial charge on any atom is -0.271 e. The molecule has 0 aromatic heterocycles. The summed E-state index contributed by atoms with van der Waals surface area (Å²) in [6, 6.07) is 6.83. The standard InChI is InChI=1S/C15H15F3N2/c1-8-4-3-5-10(9(8)2)15(20-19)11-6-7-12(16)14(18)13(11)17/h3-7,15,20H,19H2,1-2H3. The van der Waals surface area contributed by atoms with Crippen LogP contribution in [0.2, 0.25) is 0 Å². The number of hydrogen-bond donors (Lipinski definition) is 2. The second-order valence-corrected chi connectivity index (χ2v) is 4.65. The zero-order chi connectivity index (χ0) is 14.9. The molecular weight excluding hydrogens is 265 g/mol. The molecule has 0 aliphatic rings. The van der Waals surface area contributed by atoms with E-state index in [0.717, 1.165) is 22.8 Å². The van der Waals surface area contributed by atoms with E-state index < -0.39 is 23.5 Å². The molecule has 0 spiro atoms. The van der Waals surface area contributed by atoms with E-state index >= 15 is 0 Å². The number of rotatable bonds is 3. The molecule has 3 N–H and O–H groups in total. The van der Waals surface area contributed by atoms with Crippen molar-refractivity contribution in [1.29, 1.82) is 0 Å². The van der Waals surface area contributed by atoms with Gasteiger partial charge < -0.3 is 0 Å². The minimum absolute atomic E-state index is 0.0277. The first-order valence-corrected chi connectivity index (χ1v) is 6.13. The highest BCUT2D eigenvalue weighted by atomic mass is 19.2. The Bertz CT molecular complexity index is 641. The van der Waals surface area contributed by atoms with Crippen LogP contribution in [0.25, 0.3) is 0 Å². The quantitative estimate of drug-likeness (QED) is 0.514. The van der Waals surface area contributed by atoms with Crippen molar-refractivity contribution in [3.8, 4) is 0 Å². The Kier molecular flexibility index (Phi) is 4.11. The largest absolute Gasteiger partial charge is 0.271 e. The molecule has 2 aromatic carbocycles. The van der Waals surface area contributed by atoms with Gasteiger partial charge in [0.05, 0.1) is 6.04 Å². The van der Waals surface area contributed by atoms with Crippen LogP contribution in [-0.4, -0.2) is 0 Å². The van der Waals surface area contributed by atoms with Crippen LogP contribution in [0.5, 0.6) is 0 Å². The second kappa shape index (κ2) is 5.64. The van der Waals surface area contributed by atoms with E-state index in [9.17, 15) is 13.2 Å². The van der Waals surface area contributed by atoms with E-state index in [2.05, 4.69) is 5.43 Å². The van der Waals surface area contributed by atoms with Gasteiger partial charge in [-0.2, -0.15) is 0 Å². The average molecular weight is 280 g/mol. The number of hydrogen-bond acceptors (Lipinski definition) is 2. The van der Waals surface area contributed by atoms with Gasteiger partial charge in [-0.25, -0.2) is 18.6 Å². The smallest absolute Gasteiger partial charge is 0.194 e. The van der Waals surface area contributed by atoms with Crippen LogP contribution in [-0.2, 0) is 0 Å². The van der Waals surface area contributed by atoms with Gasteiger partial charge in [-0.1, -0.05) is 24.3 Å². The predicted octanol–water partition coefficient (Wildman–Crippen LogP) is 3.27. The number of aryl methyl sites for hydroxylation is 1. The molecule has 0 aliphatic carbocycles. The van der Waals surface area contributed by atoms with Crippen LogP contribution in [0.3, 0.4) is 0 Å². The van der Waals surface area contributed by atoms with Crippen molar-refractivity contribution < 1.29 is 13.2 Å². The summed E-state index contributed by atoms with van der Waals surface area (Å²) < 4.78 is 40.3.